The maximum Gasteiger partial charge on any atom is 0.253 e. The fourth-order valence-electron chi connectivity index (χ4n) is 5.75. The van der Waals surface area contributed by atoms with Gasteiger partial charge in [0.2, 0.25) is 0 Å². The van der Waals surface area contributed by atoms with Crippen LogP contribution in [0.3, 0.4) is 0 Å². The number of nitrogens with one attached hydrogen (secondary N) is 1. The second kappa shape index (κ2) is 10.2. The predicted molar refractivity (Wildman–Crippen MR) is 140 cm³/mol. The lowest BCUT2D eigenvalue weighted by atomic mass is 10.0. The fourth-order valence-corrected chi connectivity index (χ4v) is 6.48. The zero-order valence-corrected chi connectivity index (χ0v) is 21.4. The van der Waals surface area contributed by atoms with E-state index in [0.29, 0.717) is 18.7 Å². The molecule has 1 aliphatic heterocycles. The molecule has 2 aliphatic rings. The summed E-state index contributed by atoms with van der Waals surface area (Å²) in [7, 11) is 0. The summed E-state index contributed by atoms with van der Waals surface area (Å²) in [5, 5.41) is 16.3. The van der Waals surface area contributed by atoms with Crippen LogP contribution in [0.2, 0.25) is 0 Å². The number of thiophene rings is 1. The highest BCUT2D eigenvalue weighted by atomic mass is 32.1. The molecule has 6 rings (SSSR count). The topological polar surface area (TPSA) is 88.9 Å². The number of hydrogen-bond acceptors (Lipinski definition) is 7. The van der Waals surface area contributed by atoms with Crippen molar-refractivity contribution < 1.29 is 4.74 Å². The highest BCUT2D eigenvalue weighted by Gasteiger charge is 2.35. The van der Waals surface area contributed by atoms with E-state index in [-0.39, 0.29) is 23.7 Å². The number of hydrogen-bond donors (Lipinski definition) is 1. The summed E-state index contributed by atoms with van der Waals surface area (Å²) in [6.45, 7) is 4.27. The van der Waals surface area contributed by atoms with E-state index >= 15 is 0 Å². The predicted octanol–water partition coefficient (Wildman–Crippen LogP) is 4.77. The summed E-state index contributed by atoms with van der Waals surface area (Å²) in [6.07, 6.45) is 6.71. The Morgan fingerprint density at radius 2 is 2.08 bits per heavy atom. The smallest absolute Gasteiger partial charge is 0.253 e. The Morgan fingerprint density at radius 3 is 2.86 bits per heavy atom. The van der Waals surface area contributed by atoms with Gasteiger partial charge in [-0.2, -0.15) is 0 Å². The second-order valence-electron chi connectivity index (χ2n) is 10.1. The van der Waals surface area contributed by atoms with Crippen molar-refractivity contribution in [3.05, 3.63) is 74.0 Å². The lowest BCUT2D eigenvalue weighted by molar-refractivity contribution is 0.0574. The summed E-state index contributed by atoms with van der Waals surface area (Å²) in [4.78, 5) is 20.4. The van der Waals surface area contributed by atoms with Gasteiger partial charge in [0.05, 0.1) is 12.1 Å². The first kappa shape index (κ1) is 23.5. The van der Waals surface area contributed by atoms with Gasteiger partial charge in [0.25, 0.3) is 5.56 Å². The van der Waals surface area contributed by atoms with Crippen molar-refractivity contribution in [1.82, 2.24) is 30.1 Å². The summed E-state index contributed by atoms with van der Waals surface area (Å²) in [6, 6.07) is 12.3. The Morgan fingerprint density at radius 1 is 1.19 bits per heavy atom. The molecule has 0 radical (unpaired) electrons. The number of benzene rings is 1. The van der Waals surface area contributed by atoms with Crippen LogP contribution in [-0.2, 0) is 11.3 Å². The van der Waals surface area contributed by atoms with Gasteiger partial charge in [-0.15, -0.1) is 16.4 Å². The van der Waals surface area contributed by atoms with Gasteiger partial charge in [0.1, 0.15) is 6.04 Å². The molecule has 0 bridgehead atoms. The summed E-state index contributed by atoms with van der Waals surface area (Å²) >= 11 is 1.73. The van der Waals surface area contributed by atoms with Crippen LogP contribution in [0.5, 0.6) is 0 Å². The van der Waals surface area contributed by atoms with Crippen LogP contribution in [-0.4, -0.2) is 49.3 Å². The van der Waals surface area contributed by atoms with E-state index in [2.05, 4.69) is 55.9 Å². The number of H-pyrrole nitrogens is 1. The largest absolute Gasteiger partial charge is 0.377 e. The number of fused-ring (bicyclic) bond motifs is 1. The molecule has 0 unspecified atom stereocenters. The van der Waals surface area contributed by atoms with Crippen LogP contribution in [0.1, 0.15) is 72.4 Å². The Hall–Kier alpha value is -2.88. The molecule has 188 valence electrons. The SMILES string of the molecule is Cc1ccc2[nH]c(=O)c([C@H](c3nnnn3C3CCCC3)N(Cc3cccs3)C[C@H]3CCCO3)cc2c1. The molecular weight excluding hydrogens is 472 g/mol. The first-order chi connectivity index (χ1) is 17.7. The molecule has 2 fully saturated rings. The molecule has 9 heteroatoms. The van der Waals surface area contributed by atoms with Gasteiger partial charge in [-0.3, -0.25) is 9.69 Å². The number of aryl methyl sites for hydroxylation is 1. The van der Waals surface area contributed by atoms with E-state index in [4.69, 9.17) is 4.74 Å². The maximum atomic E-state index is 13.6. The number of aromatic amines is 1. The van der Waals surface area contributed by atoms with Gasteiger partial charge in [-0.05, 0) is 78.1 Å². The molecule has 0 amide bonds. The van der Waals surface area contributed by atoms with Crippen molar-refractivity contribution in [1.29, 1.82) is 0 Å². The molecule has 3 aromatic heterocycles. The van der Waals surface area contributed by atoms with E-state index in [9.17, 15) is 4.79 Å². The average molecular weight is 505 g/mol. The van der Waals surface area contributed by atoms with E-state index in [1.54, 1.807) is 11.3 Å². The van der Waals surface area contributed by atoms with Gasteiger partial charge in [-0.25, -0.2) is 4.68 Å². The van der Waals surface area contributed by atoms with Gasteiger partial charge in [0.15, 0.2) is 5.82 Å². The number of pyridine rings is 1. The van der Waals surface area contributed by atoms with E-state index in [1.807, 2.05) is 22.9 Å². The fraction of sp³-hybridized carbons (Fsp3) is 0.481. The molecule has 4 aromatic rings. The molecular formula is C27H32N6O2S. The minimum Gasteiger partial charge on any atom is -0.377 e. The molecule has 36 heavy (non-hydrogen) atoms. The Labute approximate surface area is 214 Å². The monoisotopic (exact) mass is 504 g/mol. The first-order valence-corrected chi connectivity index (χ1v) is 13.8. The summed E-state index contributed by atoms with van der Waals surface area (Å²) in [5.41, 5.74) is 2.58. The lowest BCUT2D eigenvalue weighted by Gasteiger charge is -2.33. The van der Waals surface area contributed by atoms with Gasteiger partial charge in [0, 0.05) is 35.7 Å². The normalized spacial score (nSPS) is 19.6. The lowest BCUT2D eigenvalue weighted by Crippen LogP contribution is -2.39. The van der Waals surface area contributed by atoms with Gasteiger partial charge in [-0.1, -0.05) is 30.5 Å². The van der Waals surface area contributed by atoms with Crippen LogP contribution in [0.25, 0.3) is 10.9 Å². The van der Waals surface area contributed by atoms with E-state index in [0.717, 1.165) is 54.6 Å². The zero-order valence-electron chi connectivity index (χ0n) is 20.6. The molecule has 1 saturated heterocycles. The second-order valence-corrected chi connectivity index (χ2v) is 11.1. The summed E-state index contributed by atoms with van der Waals surface area (Å²) < 4.78 is 8.06. The third-order valence-corrected chi connectivity index (χ3v) is 8.38. The number of tetrazole rings is 1. The van der Waals surface area contributed by atoms with Crippen LogP contribution in [0.4, 0.5) is 0 Å². The van der Waals surface area contributed by atoms with Gasteiger partial charge >= 0.3 is 0 Å². The Bertz CT molecular complexity index is 1370. The highest BCUT2D eigenvalue weighted by molar-refractivity contribution is 7.09. The molecule has 1 aromatic carbocycles. The van der Waals surface area contributed by atoms with Crippen molar-refractivity contribution in [3.8, 4) is 0 Å². The number of rotatable bonds is 8. The van der Waals surface area contributed by atoms with Crippen molar-refractivity contribution >= 4 is 22.2 Å². The third-order valence-electron chi connectivity index (χ3n) is 7.52. The molecule has 1 aliphatic carbocycles. The number of aromatic nitrogens is 5. The number of ether oxygens (including phenoxy) is 1. The Balaban J connectivity index is 1.50. The maximum absolute atomic E-state index is 13.6. The van der Waals surface area contributed by atoms with Crippen molar-refractivity contribution in [3.63, 3.8) is 0 Å². The van der Waals surface area contributed by atoms with Crippen LogP contribution in [0.15, 0.2) is 46.6 Å². The number of nitrogens with zero attached hydrogens (tertiary/aromatic N) is 5. The van der Waals surface area contributed by atoms with Crippen molar-refractivity contribution in [2.24, 2.45) is 0 Å². The van der Waals surface area contributed by atoms with Crippen LogP contribution in [0, 0.1) is 6.92 Å². The zero-order chi connectivity index (χ0) is 24.5. The quantitative estimate of drug-likeness (QED) is 0.372. The molecule has 1 saturated carbocycles. The van der Waals surface area contributed by atoms with Crippen molar-refractivity contribution in [2.45, 2.75) is 70.2 Å². The van der Waals surface area contributed by atoms with Gasteiger partial charge < -0.3 is 9.72 Å². The molecule has 1 N–H and O–H groups in total. The summed E-state index contributed by atoms with van der Waals surface area (Å²) in [5.74, 6) is 0.744. The average Bonchev–Trinajstić information content (AvgIpc) is 3.68. The molecule has 8 nitrogen and oxygen atoms in total. The van der Waals surface area contributed by atoms with E-state index < -0.39 is 0 Å². The van der Waals surface area contributed by atoms with Crippen molar-refractivity contribution in [2.75, 3.05) is 13.2 Å². The minimum atomic E-state index is -0.388. The minimum absolute atomic E-state index is 0.0964. The first-order valence-electron chi connectivity index (χ1n) is 12.9. The molecule has 2 atom stereocenters. The highest BCUT2D eigenvalue weighted by Crippen LogP contribution is 2.35. The standard InChI is InChI=1S/C27H32N6O2S/c1-18-10-11-24-19(14-18)15-23(27(34)28-24)25(26-29-30-31-33(26)20-6-2-3-7-20)32(16-21-8-4-12-35-21)17-22-9-5-13-36-22/h5,9-11,13-15,20-21,25H,2-4,6-8,12,16-17H2,1H3,(H,28,34)/t21-,25-/m1/s1. The van der Waals surface area contributed by atoms with E-state index in [1.165, 1.54) is 17.7 Å². The molecule has 4 heterocycles. The molecule has 0 spiro atoms. The van der Waals surface area contributed by atoms with Crippen LogP contribution < -0.4 is 5.56 Å². The third kappa shape index (κ3) is 4.75. The van der Waals surface area contributed by atoms with Crippen LogP contribution >= 0.6 is 11.3 Å². The Kier molecular flexibility index (Phi) is 6.69.